The van der Waals surface area contributed by atoms with Crippen molar-refractivity contribution in [1.29, 1.82) is 0 Å². The van der Waals surface area contributed by atoms with E-state index in [9.17, 15) is 9.59 Å². The van der Waals surface area contributed by atoms with Crippen LogP contribution in [-0.2, 0) is 17.6 Å². The van der Waals surface area contributed by atoms with Crippen LogP contribution in [0.25, 0.3) is 16.6 Å². The minimum Gasteiger partial charge on any atom is -0.472 e. The predicted molar refractivity (Wildman–Crippen MR) is 160 cm³/mol. The van der Waals surface area contributed by atoms with Gasteiger partial charge in [-0.25, -0.2) is 9.18 Å². The molecule has 208 valence electrons. The second-order valence-corrected chi connectivity index (χ2v) is 12.3. The van der Waals surface area contributed by atoms with Crippen LogP contribution in [0.15, 0.2) is 66.9 Å². The van der Waals surface area contributed by atoms with Crippen LogP contribution < -0.4 is 4.90 Å². The first-order valence-electron chi connectivity index (χ1n) is 14.2. The first-order valence-corrected chi connectivity index (χ1v) is 15.2. The summed E-state index contributed by atoms with van der Waals surface area (Å²) in [6.07, 6.45) is 4.40. The van der Waals surface area contributed by atoms with E-state index in [1.165, 1.54) is 11.1 Å². The summed E-state index contributed by atoms with van der Waals surface area (Å²) < 4.78 is 17.5. The van der Waals surface area contributed by atoms with Gasteiger partial charge in [0.05, 0.1) is 6.04 Å². The van der Waals surface area contributed by atoms with Gasteiger partial charge < -0.3 is 19.3 Å². The number of amides is 1. The van der Waals surface area contributed by atoms with Crippen molar-refractivity contribution in [2.75, 3.05) is 24.5 Å². The monoisotopic (exact) mass is 565 g/mol. The molecule has 0 bridgehead atoms. The zero-order valence-corrected chi connectivity index (χ0v) is 24.2. The second kappa shape index (κ2) is 11.0. The number of carboxylic acid groups (broad SMARTS) is 1. The summed E-state index contributed by atoms with van der Waals surface area (Å²) >= 11 is 0. The second-order valence-electron chi connectivity index (χ2n) is 10.9. The Morgan fingerprint density at radius 3 is 2.71 bits per heavy atom. The third-order valence-electron chi connectivity index (χ3n) is 8.45. The molecule has 1 fully saturated rings. The van der Waals surface area contributed by atoms with Gasteiger partial charge in [0.1, 0.15) is 5.82 Å². The number of fused-ring (bicyclic) bond motifs is 2. The van der Waals surface area contributed by atoms with Crippen LogP contribution in [0, 0.1) is 11.3 Å². The van der Waals surface area contributed by atoms with E-state index in [4.69, 9.17) is 5.11 Å². The quantitative estimate of drug-likeness (QED) is 0.317. The predicted octanol–water partition coefficient (Wildman–Crippen LogP) is 5.81. The van der Waals surface area contributed by atoms with Crippen LogP contribution in [-0.4, -0.2) is 54.9 Å². The fourth-order valence-electron chi connectivity index (χ4n) is 6.26. The lowest BCUT2D eigenvalue weighted by Crippen LogP contribution is -2.38. The van der Waals surface area contributed by atoms with Gasteiger partial charge in [-0.1, -0.05) is 31.2 Å². The molecule has 2 aliphatic heterocycles. The Bertz CT molecular complexity index is 1740. The SMILES string of the molecule is CCc1cc(C(=O)N2CCc3ccccc3[C@H]2C)cc2cc(-c3ccc(N4CCC([Si]#CC(=O)O)C4)cc3F)cn12. The molecular weight excluding hydrogens is 533 g/mol. The van der Waals surface area contributed by atoms with Crippen LogP contribution in [0.1, 0.15) is 53.5 Å². The third kappa shape index (κ3) is 5.21. The van der Waals surface area contributed by atoms with Crippen molar-refractivity contribution in [1.82, 2.24) is 9.30 Å². The molecule has 6 rings (SSSR count). The zero-order chi connectivity index (χ0) is 28.7. The zero-order valence-electron chi connectivity index (χ0n) is 23.2. The molecule has 2 atom stereocenters. The van der Waals surface area contributed by atoms with E-state index in [1.807, 2.05) is 47.5 Å². The molecule has 1 N–H and O–H groups in total. The summed E-state index contributed by atoms with van der Waals surface area (Å²) in [5.41, 5.74) is 9.82. The average Bonchev–Trinajstić information content (AvgIpc) is 3.63. The van der Waals surface area contributed by atoms with E-state index in [2.05, 4.69) is 46.8 Å². The van der Waals surface area contributed by atoms with Crippen LogP contribution in [0.5, 0.6) is 0 Å². The van der Waals surface area contributed by atoms with Gasteiger partial charge in [-0.15, -0.1) is 0 Å². The first kappa shape index (κ1) is 27.1. The minimum absolute atomic E-state index is 0.00324. The molecule has 0 spiro atoms. The molecule has 41 heavy (non-hydrogen) atoms. The molecule has 2 aromatic carbocycles. The summed E-state index contributed by atoms with van der Waals surface area (Å²) in [5.74, 6) is -1.29. The normalized spacial score (nSPS) is 18.2. The molecule has 4 aromatic rings. The van der Waals surface area contributed by atoms with E-state index < -0.39 is 5.97 Å². The highest BCUT2D eigenvalue weighted by atomic mass is 28.2. The van der Waals surface area contributed by atoms with Gasteiger partial charge in [0, 0.05) is 73.9 Å². The maximum Gasteiger partial charge on any atom is 0.374 e. The molecule has 0 radical (unpaired) electrons. The van der Waals surface area contributed by atoms with E-state index in [1.54, 1.807) is 6.07 Å². The van der Waals surface area contributed by atoms with Crippen molar-refractivity contribution in [2.24, 2.45) is 0 Å². The summed E-state index contributed by atoms with van der Waals surface area (Å²) in [5, 5.41) is 8.87. The Morgan fingerprint density at radius 2 is 1.93 bits per heavy atom. The number of carbonyl (C=O) groups excluding carboxylic acids is 1. The number of aryl methyl sites for hydroxylation is 1. The van der Waals surface area contributed by atoms with Crippen molar-refractivity contribution < 1.29 is 19.1 Å². The highest BCUT2D eigenvalue weighted by molar-refractivity contribution is 6.32. The van der Waals surface area contributed by atoms with Crippen LogP contribution in [0.3, 0.4) is 0 Å². The number of hydrogen-bond donors (Lipinski definition) is 1. The molecule has 1 unspecified atom stereocenters. The van der Waals surface area contributed by atoms with Crippen molar-refractivity contribution >= 4 is 32.0 Å². The maximum atomic E-state index is 15.5. The minimum atomic E-state index is -1.01. The Kier molecular flexibility index (Phi) is 7.28. The van der Waals surface area contributed by atoms with Crippen molar-refractivity contribution in [2.45, 2.75) is 44.7 Å². The van der Waals surface area contributed by atoms with Crippen LogP contribution >= 0.6 is 0 Å². The number of hydrogen-bond acceptors (Lipinski definition) is 3. The number of rotatable bonds is 4. The van der Waals surface area contributed by atoms with Gasteiger partial charge in [0.25, 0.3) is 5.91 Å². The number of pyridine rings is 1. The Labute approximate surface area is 241 Å². The van der Waals surface area contributed by atoms with Crippen molar-refractivity contribution in [3.8, 4) is 16.6 Å². The van der Waals surface area contributed by atoms with E-state index in [0.29, 0.717) is 24.2 Å². The molecule has 0 aliphatic carbocycles. The average molecular weight is 566 g/mol. The fraction of sp³-hybridized carbons (Fsp3) is 0.303. The summed E-state index contributed by atoms with van der Waals surface area (Å²) in [6.45, 7) is 6.30. The molecule has 0 saturated carbocycles. The largest absolute Gasteiger partial charge is 0.472 e. The lowest BCUT2D eigenvalue weighted by molar-refractivity contribution is -0.130. The maximum absolute atomic E-state index is 15.5. The number of anilines is 1. The number of halogens is 1. The number of benzene rings is 2. The lowest BCUT2D eigenvalue weighted by atomic mass is 9.93. The highest BCUT2D eigenvalue weighted by Crippen LogP contribution is 2.34. The van der Waals surface area contributed by atoms with E-state index in [-0.39, 0.29) is 32.3 Å². The smallest absolute Gasteiger partial charge is 0.374 e. The van der Waals surface area contributed by atoms with Gasteiger partial charge in [-0.3, -0.25) is 4.79 Å². The van der Waals surface area contributed by atoms with E-state index in [0.717, 1.165) is 48.3 Å². The van der Waals surface area contributed by atoms with Gasteiger partial charge in [-0.2, -0.15) is 0 Å². The Hall–Kier alpha value is -4.13. The fourth-order valence-corrected chi connectivity index (χ4v) is 7.17. The number of aromatic nitrogens is 1. The van der Waals surface area contributed by atoms with Gasteiger partial charge in [0.15, 0.2) is 0 Å². The summed E-state index contributed by atoms with van der Waals surface area (Å²) in [4.78, 5) is 28.6. The van der Waals surface area contributed by atoms with Crippen molar-refractivity contribution in [3.63, 3.8) is 0 Å². The molecule has 2 aromatic heterocycles. The molecule has 1 saturated heterocycles. The van der Waals surface area contributed by atoms with Crippen molar-refractivity contribution in [3.05, 3.63) is 95.1 Å². The Morgan fingerprint density at radius 1 is 1.10 bits per heavy atom. The third-order valence-corrected chi connectivity index (χ3v) is 9.69. The van der Waals surface area contributed by atoms with Gasteiger partial charge >= 0.3 is 5.97 Å². The highest BCUT2D eigenvalue weighted by Gasteiger charge is 2.29. The lowest BCUT2D eigenvalue weighted by Gasteiger charge is -2.35. The molecular formula is C33H32FN3O3Si. The van der Waals surface area contributed by atoms with Gasteiger partial charge in [-0.05, 0) is 79.2 Å². The molecule has 6 nitrogen and oxygen atoms in total. The standard InChI is InChI=1S/C33H32FN3O3Si/c1-3-25-14-23(33(40)36-13-10-22-6-4-5-7-29(22)21(36)2)15-27-16-24(18-37(25)27)30-9-8-26(17-31(30)34)35-12-11-28(19-35)41-20-32(38)39/h4-9,14-18,21,28H,3,10-13,19H2,1-2H3,(H,38,39)/t21-,28?/m1/s1. The summed E-state index contributed by atoms with van der Waals surface area (Å²) in [6, 6.07) is 19.5. The Balaban J connectivity index is 1.27. The molecule has 1 amide bonds. The first-order chi connectivity index (χ1) is 19.8. The van der Waals surface area contributed by atoms with Crippen LogP contribution in [0.2, 0.25) is 5.54 Å². The number of carbonyl (C=O) groups is 2. The number of aliphatic carboxylic acids is 1. The molecule has 8 heteroatoms. The number of carboxylic acids is 1. The molecule has 4 heterocycles. The van der Waals surface area contributed by atoms with E-state index >= 15 is 4.39 Å². The topological polar surface area (TPSA) is 65.3 Å². The van der Waals surface area contributed by atoms with Crippen LogP contribution in [0.4, 0.5) is 10.1 Å². The van der Waals surface area contributed by atoms with Gasteiger partial charge in [0.2, 0.25) is 0 Å². The summed E-state index contributed by atoms with van der Waals surface area (Å²) in [7, 11) is 0.136. The molecule has 2 aliphatic rings. The number of nitrogens with zero attached hydrogens (tertiary/aromatic N) is 3.